The van der Waals surface area contributed by atoms with E-state index in [1.54, 1.807) is 32.2 Å². The first-order chi connectivity index (χ1) is 7.10. The van der Waals surface area contributed by atoms with Crippen molar-refractivity contribution in [2.45, 2.75) is 12.3 Å². The van der Waals surface area contributed by atoms with Crippen LogP contribution >= 0.6 is 11.6 Å². The molecule has 82 valence electrons. The summed E-state index contributed by atoms with van der Waals surface area (Å²) in [6, 6.07) is 5.01. The maximum absolute atomic E-state index is 11.7. The Bertz CT molecular complexity index is 361. The molecule has 3 nitrogen and oxygen atoms in total. The number of ketones is 1. The Hall–Kier alpha value is -1.22. The summed E-state index contributed by atoms with van der Waals surface area (Å²) in [5.41, 5.74) is 0.473. The minimum atomic E-state index is -0.563. The maximum Gasteiger partial charge on any atom is 0.184 e. The van der Waals surface area contributed by atoms with Gasteiger partial charge in [-0.2, -0.15) is 0 Å². The molecule has 0 fully saturated rings. The number of benzene rings is 1. The molecule has 1 atom stereocenters. The predicted octanol–water partition coefficient (Wildman–Crippen LogP) is 2.51. The average Bonchev–Trinajstić information content (AvgIpc) is 2.27. The van der Waals surface area contributed by atoms with Crippen LogP contribution in [0.25, 0.3) is 0 Å². The Labute approximate surface area is 93.9 Å². The van der Waals surface area contributed by atoms with E-state index in [1.807, 2.05) is 0 Å². The van der Waals surface area contributed by atoms with Gasteiger partial charge < -0.3 is 9.47 Å². The van der Waals surface area contributed by atoms with Crippen LogP contribution in [0.5, 0.6) is 11.5 Å². The lowest BCUT2D eigenvalue weighted by atomic mass is 10.1. The average molecular weight is 229 g/mol. The number of Topliss-reactive ketones (excluding diaryl/α,β-unsaturated/α-hetero) is 1. The fourth-order valence-corrected chi connectivity index (χ4v) is 1.33. The van der Waals surface area contributed by atoms with E-state index in [-0.39, 0.29) is 5.78 Å². The van der Waals surface area contributed by atoms with Crippen molar-refractivity contribution < 1.29 is 14.3 Å². The largest absolute Gasteiger partial charge is 0.497 e. The van der Waals surface area contributed by atoms with E-state index in [9.17, 15) is 4.79 Å². The van der Waals surface area contributed by atoms with Gasteiger partial charge in [-0.15, -0.1) is 11.6 Å². The number of rotatable bonds is 4. The van der Waals surface area contributed by atoms with E-state index >= 15 is 0 Å². The number of halogens is 1. The van der Waals surface area contributed by atoms with Gasteiger partial charge in [0.25, 0.3) is 0 Å². The summed E-state index contributed by atoms with van der Waals surface area (Å²) in [5.74, 6) is 0.966. The van der Waals surface area contributed by atoms with Crippen LogP contribution < -0.4 is 9.47 Å². The summed E-state index contributed by atoms with van der Waals surface area (Å²) in [4.78, 5) is 11.7. The van der Waals surface area contributed by atoms with Crippen LogP contribution in [-0.2, 0) is 0 Å². The van der Waals surface area contributed by atoms with Gasteiger partial charge in [0, 0.05) is 6.07 Å². The number of hydrogen-bond acceptors (Lipinski definition) is 3. The lowest BCUT2D eigenvalue weighted by molar-refractivity contribution is 0.0989. The van der Waals surface area contributed by atoms with E-state index in [0.717, 1.165) is 0 Å². The smallest absolute Gasteiger partial charge is 0.184 e. The summed E-state index contributed by atoms with van der Waals surface area (Å²) in [6.45, 7) is 1.63. The Balaban J connectivity index is 3.13. The Morgan fingerprint density at radius 2 is 2.00 bits per heavy atom. The van der Waals surface area contributed by atoms with E-state index in [2.05, 4.69) is 0 Å². The van der Waals surface area contributed by atoms with Crippen molar-refractivity contribution in [2.75, 3.05) is 14.2 Å². The Morgan fingerprint density at radius 1 is 1.33 bits per heavy atom. The zero-order chi connectivity index (χ0) is 11.4. The number of methoxy groups -OCH3 is 2. The van der Waals surface area contributed by atoms with Gasteiger partial charge in [-0.25, -0.2) is 0 Å². The molecule has 1 aromatic carbocycles. The second kappa shape index (κ2) is 5.03. The van der Waals surface area contributed by atoms with E-state index < -0.39 is 5.38 Å². The van der Waals surface area contributed by atoms with E-state index in [4.69, 9.17) is 21.1 Å². The zero-order valence-corrected chi connectivity index (χ0v) is 9.67. The third-order valence-corrected chi connectivity index (χ3v) is 2.23. The molecule has 0 aliphatic heterocycles. The molecule has 0 amide bonds. The van der Waals surface area contributed by atoms with Crippen LogP contribution in [0.3, 0.4) is 0 Å². The summed E-state index contributed by atoms with van der Waals surface area (Å²) in [5, 5.41) is -0.563. The molecule has 0 unspecified atom stereocenters. The number of carbonyl (C=O) groups is 1. The van der Waals surface area contributed by atoms with Gasteiger partial charge in [0.15, 0.2) is 5.78 Å². The summed E-state index contributed by atoms with van der Waals surface area (Å²) in [6.07, 6.45) is 0. The van der Waals surface area contributed by atoms with Crippen LogP contribution in [0.1, 0.15) is 17.3 Å². The first kappa shape index (κ1) is 11.9. The van der Waals surface area contributed by atoms with Gasteiger partial charge in [-0.3, -0.25) is 4.79 Å². The molecule has 0 aliphatic carbocycles. The third-order valence-electron chi connectivity index (χ3n) is 2.04. The highest BCUT2D eigenvalue weighted by Crippen LogP contribution is 2.26. The monoisotopic (exact) mass is 228 g/mol. The molecule has 0 N–H and O–H groups in total. The Morgan fingerprint density at radius 3 is 2.47 bits per heavy atom. The van der Waals surface area contributed by atoms with Crippen molar-refractivity contribution in [1.29, 1.82) is 0 Å². The minimum absolute atomic E-state index is 0.156. The van der Waals surface area contributed by atoms with Gasteiger partial charge >= 0.3 is 0 Å². The van der Waals surface area contributed by atoms with Gasteiger partial charge in [-0.05, 0) is 19.1 Å². The lowest BCUT2D eigenvalue weighted by Gasteiger charge is -2.10. The van der Waals surface area contributed by atoms with Crippen molar-refractivity contribution in [3.63, 3.8) is 0 Å². The van der Waals surface area contributed by atoms with E-state index in [1.165, 1.54) is 7.11 Å². The first-order valence-electron chi connectivity index (χ1n) is 4.50. The molecule has 0 saturated carbocycles. The van der Waals surface area contributed by atoms with Crippen molar-refractivity contribution in [2.24, 2.45) is 0 Å². The van der Waals surface area contributed by atoms with Gasteiger partial charge in [0.1, 0.15) is 11.5 Å². The zero-order valence-electron chi connectivity index (χ0n) is 8.91. The van der Waals surface area contributed by atoms with E-state index in [0.29, 0.717) is 17.1 Å². The quantitative estimate of drug-likeness (QED) is 0.587. The second-order valence-electron chi connectivity index (χ2n) is 3.05. The molecular formula is C11H13ClO3. The Kier molecular flexibility index (Phi) is 3.97. The summed E-state index contributed by atoms with van der Waals surface area (Å²) in [7, 11) is 3.06. The SMILES string of the molecule is COc1ccc(C(=O)[C@@H](C)Cl)c(OC)c1. The summed E-state index contributed by atoms with van der Waals surface area (Å²) < 4.78 is 10.1. The molecule has 1 aromatic rings. The fraction of sp³-hybridized carbons (Fsp3) is 0.364. The molecule has 0 spiro atoms. The van der Waals surface area contributed by atoms with Crippen LogP contribution in [0, 0.1) is 0 Å². The molecule has 0 aromatic heterocycles. The van der Waals surface area contributed by atoms with Gasteiger partial charge in [0.05, 0.1) is 25.2 Å². The molecule has 0 saturated heterocycles. The number of carbonyl (C=O) groups excluding carboxylic acids is 1. The highest BCUT2D eigenvalue weighted by Gasteiger charge is 2.17. The molecule has 4 heteroatoms. The number of alkyl halides is 1. The van der Waals surface area contributed by atoms with Gasteiger partial charge in [-0.1, -0.05) is 0 Å². The number of ether oxygens (including phenoxy) is 2. The molecule has 0 bridgehead atoms. The molecule has 0 heterocycles. The maximum atomic E-state index is 11.7. The molecular weight excluding hydrogens is 216 g/mol. The van der Waals surface area contributed by atoms with Crippen LogP contribution in [-0.4, -0.2) is 25.4 Å². The third kappa shape index (κ3) is 2.63. The molecule has 0 aliphatic rings. The highest BCUT2D eigenvalue weighted by atomic mass is 35.5. The fourth-order valence-electron chi connectivity index (χ4n) is 1.22. The molecule has 0 radical (unpaired) electrons. The second-order valence-corrected chi connectivity index (χ2v) is 3.70. The summed E-state index contributed by atoms with van der Waals surface area (Å²) >= 11 is 5.73. The van der Waals surface area contributed by atoms with Crippen molar-refractivity contribution in [3.8, 4) is 11.5 Å². The van der Waals surface area contributed by atoms with Crippen LogP contribution in [0.2, 0.25) is 0 Å². The highest BCUT2D eigenvalue weighted by molar-refractivity contribution is 6.33. The number of hydrogen-bond donors (Lipinski definition) is 0. The normalized spacial score (nSPS) is 12.0. The predicted molar refractivity (Wildman–Crippen MR) is 59.2 cm³/mol. The minimum Gasteiger partial charge on any atom is -0.497 e. The topological polar surface area (TPSA) is 35.5 Å². The van der Waals surface area contributed by atoms with Crippen LogP contribution in [0.15, 0.2) is 18.2 Å². The van der Waals surface area contributed by atoms with Gasteiger partial charge in [0.2, 0.25) is 0 Å². The van der Waals surface area contributed by atoms with Crippen molar-refractivity contribution in [1.82, 2.24) is 0 Å². The first-order valence-corrected chi connectivity index (χ1v) is 4.94. The molecule has 1 rings (SSSR count). The van der Waals surface area contributed by atoms with Crippen LogP contribution in [0.4, 0.5) is 0 Å². The lowest BCUT2D eigenvalue weighted by Crippen LogP contribution is -2.11. The standard InChI is InChI=1S/C11H13ClO3/c1-7(12)11(13)9-5-4-8(14-2)6-10(9)15-3/h4-7H,1-3H3/t7-/m1/s1. The van der Waals surface area contributed by atoms with Crippen molar-refractivity contribution in [3.05, 3.63) is 23.8 Å². The van der Waals surface area contributed by atoms with Crippen molar-refractivity contribution >= 4 is 17.4 Å². The molecule has 15 heavy (non-hydrogen) atoms.